The lowest BCUT2D eigenvalue weighted by atomic mass is 10.2. The van der Waals surface area contributed by atoms with E-state index < -0.39 is 0 Å². The summed E-state index contributed by atoms with van der Waals surface area (Å²) in [7, 11) is 1.47. The van der Waals surface area contributed by atoms with Crippen LogP contribution in [0.15, 0.2) is 24.3 Å². The topological polar surface area (TPSA) is 98.4 Å². The van der Waals surface area contributed by atoms with E-state index in [0.717, 1.165) is 47.6 Å². The van der Waals surface area contributed by atoms with Gasteiger partial charge in [0.05, 0.1) is 12.1 Å². The maximum absolute atomic E-state index is 12.3. The van der Waals surface area contributed by atoms with E-state index >= 15 is 0 Å². The summed E-state index contributed by atoms with van der Waals surface area (Å²) < 4.78 is 5.91. The molecule has 7 nitrogen and oxygen atoms in total. The average Bonchev–Trinajstić information content (AvgIpc) is 3.05. The quantitative estimate of drug-likeness (QED) is 0.388. The van der Waals surface area contributed by atoms with E-state index in [9.17, 15) is 4.79 Å². The van der Waals surface area contributed by atoms with Crippen LogP contribution in [0.3, 0.4) is 0 Å². The predicted molar refractivity (Wildman–Crippen MR) is 100 cm³/mol. The Kier molecular flexibility index (Phi) is 6.41. The van der Waals surface area contributed by atoms with Gasteiger partial charge in [0.25, 0.3) is 5.91 Å². The van der Waals surface area contributed by atoms with E-state index in [2.05, 4.69) is 23.7 Å². The molecule has 7 heteroatoms. The second-order valence-electron chi connectivity index (χ2n) is 5.88. The third-order valence-corrected chi connectivity index (χ3v) is 4.29. The first-order valence-corrected chi connectivity index (χ1v) is 8.56. The van der Waals surface area contributed by atoms with Crippen molar-refractivity contribution >= 4 is 22.8 Å². The standard InChI is InChI=1S/C18H27N5O2/c1-4-23(5-2)10-7-11-25-15-9-6-8-13-12-14(21-16(13)15)17(24)22(3)18(19)20/h6,8-9,12,21H,4-5,7,10-11H2,1-3H3,(H3,19,20). The van der Waals surface area contributed by atoms with E-state index in [0.29, 0.717) is 12.3 Å². The SMILES string of the molecule is CCN(CC)CCCOc1cccc2cc(C(=O)N(C)C(=N)N)[nH]c12. The summed E-state index contributed by atoms with van der Waals surface area (Å²) >= 11 is 0. The van der Waals surface area contributed by atoms with Crippen LogP contribution in [-0.2, 0) is 0 Å². The Hall–Kier alpha value is -2.54. The number of H-pyrrole nitrogens is 1. The highest BCUT2D eigenvalue weighted by Gasteiger charge is 2.17. The van der Waals surface area contributed by atoms with Crippen LogP contribution in [0.4, 0.5) is 0 Å². The van der Waals surface area contributed by atoms with Gasteiger partial charge in [-0.15, -0.1) is 0 Å². The maximum Gasteiger partial charge on any atom is 0.276 e. The molecule has 4 N–H and O–H groups in total. The number of nitrogens with one attached hydrogen (secondary N) is 2. The van der Waals surface area contributed by atoms with Crippen molar-refractivity contribution in [2.24, 2.45) is 5.73 Å². The monoisotopic (exact) mass is 345 g/mol. The molecule has 1 heterocycles. The third kappa shape index (κ3) is 4.51. The van der Waals surface area contributed by atoms with Gasteiger partial charge in [0.1, 0.15) is 11.4 Å². The van der Waals surface area contributed by atoms with Gasteiger partial charge in [0.2, 0.25) is 0 Å². The van der Waals surface area contributed by atoms with Crippen LogP contribution in [0.1, 0.15) is 30.8 Å². The molecule has 0 bridgehead atoms. The Morgan fingerprint density at radius 1 is 1.32 bits per heavy atom. The fraction of sp³-hybridized carbons (Fsp3) is 0.444. The normalized spacial score (nSPS) is 11.0. The summed E-state index contributed by atoms with van der Waals surface area (Å²) in [6.07, 6.45) is 0.942. The average molecular weight is 345 g/mol. The van der Waals surface area contributed by atoms with Crippen LogP contribution in [0.5, 0.6) is 5.75 Å². The molecule has 0 spiro atoms. The number of amides is 1. The first kappa shape index (κ1) is 18.8. The number of carbonyl (C=O) groups excluding carboxylic acids is 1. The number of nitrogens with zero attached hydrogens (tertiary/aromatic N) is 2. The van der Waals surface area contributed by atoms with Crippen LogP contribution in [-0.4, -0.2) is 59.9 Å². The van der Waals surface area contributed by atoms with E-state index in [1.807, 2.05) is 18.2 Å². The van der Waals surface area contributed by atoms with E-state index in [1.54, 1.807) is 6.07 Å². The minimum atomic E-state index is -0.351. The fourth-order valence-electron chi connectivity index (χ4n) is 2.66. The summed E-state index contributed by atoms with van der Waals surface area (Å²) in [5.41, 5.74) is 6.54. The molecule has 0 aliphatic heterocycles. The summed E-state index contributed by atoms with van der Waals surface area (Å²) in [4.78, 5) is 18.8. The number of aromatic nitrogens is 1. The molecule has 0 radical (unpaired) electrons. The van der Waals surface area contributed by atoms with Gasteiger partial charge in [0, 0.05) is 19.0 Å². The number of para-hydroxylation sites is 1. The molecule has 0 fully saturated rings. The minimum absolute atomic E-state index is 0.295. The number of rotatable bonds is 8. The van der Waals surface area contributed by atoms with Gasteiger partial charge in [-0.1, -0.05) is 26.0 Å². The van der Waals surface area contributed by atoms with Crippen molar-refractivity contribution in [3.8, 4) is 5.75 Å². The molecule has 25 heavy (non-hydrogen) atoms. The molecule has 0 atom stereocenters. The van der Waals surface area contributed by atoms with Crippen molar-refractivity contribution in [3.63, 3.8) is 0 Å². The molecule has 1 aromatic heterocycles. The summed E-state index contributed by atoms with van der Waals surface area (Å²) in [5, 5.41) is 8.27. The zero-order valence-electron chi connectivity index (χ0n) is 15.1. The Morgan fingerprint density at radius 2 is 2.04 bits per heavy atom. The lowest BCUT2D eigenvalue weighted by Gasteiger charge is -2.17. The molecular weight excluding hydrogens is 318 g/mol. The zero-order valence-corrected chi connectivity index (χ0v) is 15.1. The number of benzene rings is 1. The molecule has 0 saturated carbocycles. The smallest absolute Gasteiger partial charge is 0.276 e. The Bertz CT molecular complexity index is 736. The van der Waals surface area contributed by atoms with Gasteiger partial charge in [-0.2, -0.15) is 0 Å². The van der Waals surface area contributed by atoms with E-state index in [1.165, 1.54) is 7.05 Å². The molecule has 136 valence electrons. The van der Waals surface area contributed by atoms with Crippen molar-refractivity contribution in [3.05, 3.63) is 30.0 Å². The summed E-state index contributed by atoms with van der Waals surface area (Å²) in [6, 6.07) is 7.46. The summed E-state index contributed by atoms with van der Waals surface area (Å²) in [6.45, 7) is 8.00. The second-order valence-corrected chi connectivity index (χ2v) is 5.88. The zero-order chi connectivity index (χ0) is 18.4. The van der Waals surface area contributed by atoms with Gasteiger partial charge in [-0.05, 0) is 31.6 Å². The second kappa shape index (κ2) is 8.53. The third-order valence-electron chi connectivity index (χ3n) is 4.29. The Balaban J connectivity index is 2.09. The van der Waals surface area contributed by atoms with Crippen molar-refractivity contribution in [1.29, 1.82) is 5.41 Å². The highest BCUT2D eigenvalue weighted by atomic mass is 16.5. The van der Waals surface area contributed by atoms with Crippen molar-refractivity contribution in [1.82, 2.24) is 14.8 Å². The number of nitrogens with two attached hydrogens (primary N) is 1. The van der Waals surface area contributed by atoms with Crippen LogP contribution in [0.2, 0.25) is 0 Å². The van der Waals surface area contributed by atoms with E-state index in [-0.39, 0.29) is 11.9 Å². The highest BCUT2D eigenvalue weighted by molar-refractivity contribution is 6.06. The van der Waals surface area contributed by atoms with Crippen LogP contribution >= 0.6 is 0 Å². The van der Waals surface area contributed by atoms with Crippen LogP contribution in [0, 0.1) is 5.41 Å². The lowest BCUT2D eigenvalue weighted by Crippen LogP contribution is -2.38. The van der Waals surface area contributed by atoms with Crippen LogP contribution < -0.4 is 10.5 Å². The predicted octanol–water partition coefficient (Wildman–Crippen LogP) is 2.24. The Morgan fingerprint density at radius 3 is 2.68 bits per heavy atom. The number of aromatic amines is 1. The van der Waals surface area contributed by atoms with E-state index in [4.69, 9.17) is 15.9 Å². The van der Waals surface area contributed by atoms with Crippen molar-refractivity contribution in [2.45, 2.75) is 20.3 Å². The molecule has 0 aliphatic carbocycles. The maximum atomic E-state index is 12.3. The first-order valence-electron chi connectivity index (χ1n) is 8.56. The molecule has 2 rings (SSSR count). The number of hydrogen-bond donors (Lipinski definition) is 3. The molecule has 1 amide bonds. The van der Waals surface area contributed by atoms with Crippen LogP contribution in [0.25, 0.3) is 10.9 Å². The van der Waals surface area contributed by atoms with Gasteiger partial charge in [-0.3, -0.25) is 15.1 Å². The molecule has 0 unspecified atom stereocenters. The summed E-state index contributed by atoms with van der Waals surface area (Å²) in [5.74, 6) is 0.0780. The number of fused-ring (bicyclic) bond motifs is 1. The number of carbonyl (C=O) groups is 1. The minimum Gasteiger partial charge on any atom is -0.491 e. The van der Waals surface area contributed by atoms with Crippen molar-refractivity contribution in [2.75, 3.05) is 33.3 Å². The van der Waals surface area contributed by atoms with Gasteiger partial charge in [-0.25, -0.2) is 0 Å². The lowest BCUT2D eigenvalue weighted by molar-refractivity contribution is 0.0864. The highest BCUT2D eigenvalue weighted by Crippen LogP contribution is 2.26. The van der Waals surface area contributed by atoms with Gasteiger partial charge in [0.15, 0.2) is 5.96 Å². The largest absolute Gasteiger partial charge is 0.491 e. The Labute approximate surface area is 148 Å². The van der Waals surface area contributed by atoms with Crippen molar-refractivity contribution < 1.29 is 9.53 Å². The molecule has 0 saturated heterocycles. The molecular formula is C18H27N5O2. The number of hydrogen-bond acceptors (Lipinski definition) is 4. The number of guanidine groups is 1. The molecule has 1 aromatic carbocycles. The molecule has 2 aromatic rings. The molecule has 0 aliphatic rings. The van der Waals surface area contributed by atoms with Gasteiger partial charge < -0.3 is 20.4 Å². The number of ether oxygens (including phenoxy) is 1. The fourth-order valence-corrected chi connectivity index (χ4v) is 2.66. The van der Waals surface area contributed by atoms with Gasteiger partial charge >= 0.3 is 0 Å². The first-order chi connectivity index (χ1) is 12.0.